The van der Waals surface area contributed by atoms with Gasteiger partial charge in [0, 0.05) is 19.1 Å². The third kappa shape index (κ3) is 4.93. The van der Waals surface area contributed by atoms with Gasteiger partial charge in [0.2, 0.25) is 10.0 Å². The van der Waals surface area contributed by atoms with Gasteiger partial charge in [0.25, 0.3) is 0 Å². The van der Waals surface area contributed by atoms with E-state index < -0.39 is 10.0 Å². The molecule has 1 N–H and O–H groups in total. The highest BCUT2D eigenvalue weighted by molar-refractivity contribution is 7.88. The number of ether oxygens (including phenoxy) is 1. The summed E-state index contributed by atoms with van der Waals surface area (Å²) in [5.41, 5.74) is 1.23. The van der Waals surface area contributed by atoms with Gasteiger partial charge in [0.05, 0.1) is 13.4 Å². The number of methoxy groups -OCH3 is 1. The van der Waals surface area contributed by atoms with Gasteiger partial charge in [-0.05, 0) is 42.5 Å². The Morgan fingerprint density at radius 1 is 1.30 bits per heavy atom. The third-order valence-electron chi connectivity index (χ3n) is 4.49. The summed E-state index contributed by atoms with van der Waals surface area (Å²) in [7, 11) is -1.39. The Balaban J connectivity index is 1.95. The van der Waals surface area contributed by atoms with E-state index in [2.05, 4.69) is 31.3 Å². The Labute approximate surface area is 140 Å². The van der Waals surface area contributed by atoms with Crippen molar-refractivity contribution in [3.63, 3.8) is 0 Å². The van der Waals surface area contributed by atoms with Gasteiger partial charge >= 0.3 is 0 Å². The molecule has 5 nitrogen and oxygen atoms in total. The number of hydrogen-bond donors (Lipinski definition) is 1. The molecule has 2 unspecified atom stereocenters. The van der Waals surface area contributed by atoms with Crippen LogP contribution in [0.3, 0.4) is 0 Å². The molecule has 23 heavy (non-hydrogen) atoms. The SMILES string of the molecule is COc1ccc(C(NCC2CCN(S(C)(=O)=O)C2)C(C)C)cc1. The van der Waals surface area contributed by atoms with Gasteiger partial charge in [0.1, 0.15) is 5.75 Å². The Morgan fingerprint density at radius 2 is 1.96 bits per heavy atom. The van der Waals surface area contributed by atoms with Gasteiger partial charge in [-0.1, -0.05) is 26.0 Å². The molecule has 2 atom stereocenters. The first kappa shape index (κ1) is 18.2. The minimum absolute atomic E-state index is 0.258. The van der Waals surface area contributed by atoms with E-state index in [4.69, 9.17) is 4.74 Å². The van der Waals surface area contributed by atoms with Crippen molar-refractivity contribution in [3.05, 3.63) is 29.8 Å². The zero-order chi connectivity index (χ0) is 17.0. The Hall–Kier alpha value is -1.11. The average molecular weight is 340 g/mol. The number of nitrogens with one attached hydrogen (secondary N) is 1. The van der Waals surface area contributed by atoms with E-state index in [0.717, 1.165) is 18.7 Å². The molecule has 0 radical (unpaired) electrons. The molecule has 1 heterocycles. The molecule has 0 amide bonds. The van der Waals surface area contributed by atoms with E-state index >= 15 is 0 Å². The van der Waals surface area contributed by atoms with Crippen LogP contribution >= 0.6 is 0 Å². The van der Waals surface area contributed by atoms with E-state index in [1.54, 1.807) is 11.4 Å². The zero-order valence-electron chi connectivity index (χ0n) is 14.5. The highest BCUT2D eigenvalue weighted by atomic mass is 32.2. The molecule has 2 rings (SSSR count). The van der Waals surface area contributed by atoms with Crippen molar-refractivity contribution in [2.24, 2.45) is 11.8 Å². The molecule has 1 aromatic rings. The van der Waals surface area contributed by atoms with Crippen molar-refractivity contribution in [1.29, 1.82) is 0 Å². The largest absolute Gasteiger partial charge is 0.497 e. The lowest BCUT2D eigenvalue weighted by Crippen LogP contribution is -2.33. The number of rotatable bonds is 7. The summed E-state index contributed by atoms with van der Waals surface area (Å²) in [6.45, 7) is 6.49. The van der Waals surface area contributed by atoms with Gasteiger partial charge in [-0.2, -0.15) is 0 Å². The fraction of sp³-hybridized carbons (Fsp3) is 0.647. The Kier molecular flexibility index (Phi) is 6.06. The molecule has 0 aliphatic carbocycles. The maximum atomic E-state index is 11.6. The molecule has 1 saturated heterocycles. The van der Waals surface area contributed by atoms with Gasteiger partial charge in [-0.3, -0.25) is 0 Å². The van der Waals surface area contributed by atoms with Crippen LogP contribution in [0.1, 0.15) is 31.9 Å². The average Bonchev–Trinajstić information content (AvgIpc) is 2.97. The lowest BCUT2D eigenvalue weighted by molar-refractivity contribution is 0.369. The van der Waals surface area contributed by atoms with E-state index in [1.165, 1.54) is 11.8 Å². The standard InChI is InChI=1S/C17H28N2O3S/c1-13(2)17(15-5-7-16(22-3)8-6-15)18-11-14-9-10-19(12-14)23(4,20)21/h5-8,13-14,17-18H,9-12H2,1-4H3. The summed E-state index contributed by atoms with van der Waals surface area (Å²) < 4.78 is 30.0. The molecule has 1 aliphatic heterocycles. The van der Waals surface area contributed by atoms with Crippen molar-refractivity contribution >= 4 is 10.0 Å². The van der Waals surface area contributed by atoms with Crippen LogP contribution in [0.4, 0.5) is 0 Å². The fourth-order valence-corrected chi connectivity index (χ4v) is 4.03. The van der Waals surface area contributed by atoms with Gasteiger partial charge < -0.3 is 10.1 Å². The van der Waals surface area contributed by atoms with Crippen LogP contribution in [-0.4, -0.2) is 45.7 Å². The summed E-state index contributed by atoms with van der Waals surface area (Å²) in [6, 6.07) is 8.40. The van der Waals surface area contributed by atoms with Gasteiger partial charge in [0.15, 0.2) is 0 Å². The zero-order valence-corrected chi connectivity index (χ0v) is 15.3. The molecule has 0 bridgehead atoms. The first-order valence-electron chi connectivity index (χ1n) is 8.13. The van der Waals surface area contributed by atoms with Gasteiger partial charge in [-0.25, -0.2) is 12.7 Å². The second-order valence-corrected chi connectivity index (χ2v) is 8.66. The molecule has 6 heteroatoms. The summed E-state index contributed by atoms with van der Waals surface area (Å²) >= 11 is 0. The highest BCUT2D eigenvalue weighted by Gasteiger charge is 2.29. The van der Waals surface area contributed by atoms with Crippen LogP contribution in [0.15, 0.2) is 24.3 Å². The van der Waals surface area contributed by atoms with E-state index in [9.17, 15) is 8.42 Å². The molecule has 1 fully saturated rings. The molecule has 0 aromatic heterocycles. The monoisotopic (exact) mass is 340 g/mol. The van der Waals surface area contributed by atoms with Crippen LogP contribution in [0.25, 0.3) is 0 Å². The minimum Gasteiger partial charge on any atom is -0.497 e. The van der Waals surface area contributed by atoms with Crippen LogP contribution in [0.2, 0.25) is 0 Å². The van der Waals surface area contributed by atoms with Crippen molar-refractivity contribution in [1.82, 2.24) is 9.62 Å². The lowest BCUT2D eigenvalue weighted by atomic mass is 9.95. The summed E-state index contributed by atoms with van der Waals surface area (Å²) in [5.74, 6) is 1.69. The molecule has 0 saturated carbocycles. The molecule has 1 aromatic carbocycles. The second kappa shape index (κ2) is 7.64. The molecule has 130 valence electrons. The first-order valence-corrected chi connectivity index (χ1v) is 9.98. The van der Waals surface area contributed by atoms with Crippen LogP contribution in [-0.2, 0) is 10.0 Å². The molecular formula is C17H28N2O3S. The van der Waals surface area contributed by atoms with Crippen LogP contribution in [0, 0.1) is 11.8 Å². The number of sulfonamides is 1. The Morgan fingerprint density at radius 3 is 2.43 bits per heavy atom. The van der Waals surface area contributed by atoms with E-state index in [1.807, 2.05) is 12.1 Å². The van der Waals surface area contributed by atoms with Gasteiger partial charge in [-0.15, -0.1) is 0 Å². The normalized spacial score (nSPS) is 20.8. The number of benzene rings is 1. The van der Waals surface area contributed by atoms with E-state index in [0.29, 0.717) is 24.9 Å². The summed E-state index contributed by atoms with van der Waals surface area (Å²) in [6.07, 6.45) is 2.21. The topological polar surface area (TPSA) is 58.6 Å². The third-order valence-corrected chi connectivity index (χ3v) is 5.76. The Bertz CT molecular complexity index is 599. The highest BCUT2D eigenvalue weighted by Crippen LogP contribution is 2.25. The quantitative estimate of drug-likeness (QED) is 0.827. The number of nitrogens with zero attached hydrogens (tertiary/aromatic N) is 1. The predicted octanol–water partition coefficient (Wildman–Crippen LogP) is 2.26. The fourth-order valence-electron chi connectivity index (χ4n) is 3.11. The number of hydrogen-bond acceptors (Lipinski definition) is 4. The van der Waals surface area contributed by atoms with E-state index in [-0.39, 0.29) is 6.04 Å². The molecular weight excluding hydrogens is 312 g/mol. The maximum Gasteiger partial charge on any atom is 0.211 e. The molecule has 0 spiro atoms. The van der Waals surface area contributed by atoms with Crippen molar-refractivity contribution in [2.75, 3.05) is 33.0 Å². The predicted molar refractivity (Wildman–Crippen MR) is 93.1 cm³/mol. The van der Waals surface area contributed by atoms with Crippen molar-refractivity contribution in [3.8, 4) is 5.75 Å². The minimum atomic E-state index is -3.06. The van der Waals surface area contributed by atoms with Crippen molar-refractivity contribution in [2.45, 2.75) is 26.3 Å². The van der Waals surface area contributed by atoms with Crippen molar-refractivity contribution < 1.29 is 13.2 Å². The van der Waals surface area contributed by atoms with Crippen LogP contribution < -0.4 is 10.1 Å². The van der Waals surface area contributed by atoms with Crippen LogP contribution in [0.5, 0.6) is 5.75 Å². The second-order valence-electron chi connectivity index (χ2n) is 6.68. The summed E-state index contributed by atoms with van der Waals surface area (Å²) in [5, 5.41) is 3.62. The first-order chi connectivity index (χ1) is 10.8. The lowest BCUT2D eigenvalue weighted by Gasteiger charge is -2.25. The maximum absolute atomic E-state index is 11.6. The molecule has 1 aliphatic rings. The smallest absolute Gasteiger partial charge is 0.211 e. The summed E-state index contributed by atoms with van der Waals surface area (Å²) in [4.78, 5) is 0.